The average Bonchev–Trinajstić information content (AvgIpc) is 3.15. The standard InChI is InChI=1S/C20H29N5O2/c1-20(2,3)18-23-17(27-24-18)14-22-19(26)25-13-7-5-9-16(25)11-10-15-8-4-6-12-21-15/h4,6,8,12,16H,5,7,9-11,13-14H2,1-3H3,(H,22,26). The highest BCUT2D eigenvalue weighted by atomic mass is 16.5. The number of carbonyl (C=O) groups is 1. The Labute approximate surface area is 160 Å². The van der Waals surface area contributed by atoms with E-state index in [9.17, 15) is 4.79 Å². The monoisotopic (exact) mass is 371 g/mol. The van der Waals surface area contributed by atoms with E-state index in [-0.39, 0.29) is 24.0 Å². The first-order valence-corrected chi connectivity index (χ1v) is 9.71. The van der Waals surface area contributed by atoms with E-state index in [1.54, 1.807) is 0 Å². The van der Waals surface area contributed by atoms with Gasteiger partial charge in [0.15, 0.2) is 5.82 Å². The lowest BCUT2D eigenvalue weighted by atomic mass is 9.96. The molecule has 1 aliphatic rings. The number of rotatable bonds is 5. The number of hydrogen-bond donors (Lipinski definition) is 1. The molecule has 0 bridgehead atoms. The molecule has 27 heavy (non-hydrogen) atoms. The molecule has 1 saturated heterocycles. The van der Waals surface area contributed by atoms with Crippen LogP contribution in [0.25, 0.3) is 0 Å². The molecule has 7 heteroatoms. The molecule has 0 aliphatic carbocycles. The first kappa shape index (κ1) is 19.3. The van der Waals surface area contributed by atoms with Crippen molar-refractivity contribution >= 4 is 6.03 Å². The van der Waals surface area contributed by atoms with Crippen LogP contribution in [-0.4, -0.2) is 38.6 Å². The number of likely N-dealkylation sites (tertiary alicyclic amines) is 1. The summed E-state index contributed by atoms with van der Waals surface area (Å²) in [5.41, 5.74) is 0.902. The minimum Gasteiger partial charge on any atom is -0.337 e. The van der Waals surface area contributed by atoms with Crippen LogP contribution in [0.3, 0.4) is 0 Å². The van der Waals surface area contributed by atoms with Crippen LogP contribution in [0.4, 0.5) is 4.79 Å². The number of pyridine rings is 1. The fourth-order valence-corrected chi connectivity index (χ4v) is 3.31. The Hall–Kier alpha value is -2.44. The lowest BCUT2D eigenvalue weighted by Gasteiger charge is -2.35. The number of hydrogen-bond acceptors (Lipinski definition) is 5. The summed E-state index contributed by atoms with van der Waals surface area (Å²) in [6.07, 6.45) is 6.87. The SMILES string of the molecule is CC(C)(C)c1noc(CNC(=O)N2CCCCC2CCc2ccccn2)n1. The van der Waals surface area contributed by atoms with Crippen LogP contribution in [0, 0.1) is 0 Å². The van der Waals surface area contributed by atoms with Gasteiger partial charge < -0.3 is 14.7 Å². The highest BCUT2D eigenvalue weighted by Crippen LogP contribution is 2.22. The molecule has 3 rings (SSSR count). The van der Waals surface area contributed by atoms with E-state index in [0.717, 1.165) is 44.3 Å². The molecule has 2 aromatic heterocycles. The summed E-state index contributed by atoms with van der Waals surface area (Å²) >= 11 is 0. The zero-order valence-corrected chi connectivity index (χ0v) is 16.4. The molecule has 2 aromatic rings. The second-order valence-corrected chi connectivity index (χ2v) is 8.12. The van der Waals surface area contributed by atoms with E-state index < -0.39 is 0 Å². The molecular formula is C20H29N5O2. The van der Waals surface area contributed by atoms with Crippen LogP contribution in [0.15, 0.2) is 28.9 Å². The van der Waals surface area contributed by atoms with Gasteiger partial charge in [-0.05, 0) is 44.2 Å². The predicted molar refractivity (Wildman–Crippen MR) is 102 cm³/mol. The Bertz CT molecular complexity index is 738. The molecular weight excluding hydrogens is 342 g/mol. The molecule has 0 saturated carbocycles. The van der Waals surface area contributed by atoms with Crippen molar-refractivity contribution in [3.8, 4) is 0 Å². The molecule has 7 nitrogen and oxygen atoms in total. The summed E-state index contributed by atoms with van der Waals surface area (Å²) in [6.45, 7) is 7.13. The summed E-state index contributed by atoms with van der Waals surface area (Å²) in [5, 5.41) is 6.93. The predicted octanol–water partition coefficient (Wildman–Crippen LogP) is 3.46. The van der Waals surface area contributed by atoms with Gasteiger partial charge in [-0.15, -0.1) is 0 Å². The van der Waals surface area contributed by atoms with Gasteiger partial charge in [-0.25, -0.2) is 4.79 Å². The summed E-state index contributed by atoms with van der Waals surface area (Å²) in [7, 11) is 0. The minimum absolute atomic E-state index is 0.0590. The van der Waals surface area contributed by atoms with E-state index in [1.165, 1.54) is 0 Å². The quantitative estimate of drug-likeness (QED) is 0.870. The van der Waals surface area contributed by atoms with Crippen LogP contribution in [-0.2, 0) is 18.4 Å². The molecule has 0 spiro atoms. The molecule has 1 aliphatic heterocycles. The average molecular weight is 371 g/mol. The summed E-state index contributed by atoms with van der Waals surface area (Å²) in [5.74, 6) is 1.09. The summed E-state index contributed by atoms with van der Waals surface area (Å²) < 4.78 is 5.26. The van der Waals surface area contributed by atoms with Gasteiger partial charge in [0.25, 0.3) is 0 Å². The van der Waals surface area contributed by atoms with Crippen LogP contribution < -0.4 is 5.32 Å². The number of aryl methyl sites for hydroxylation is 1. The molecule has 1 atom stereocenters. The number of amides is 2. The van der Waals surface area contributed by atoms with Gasteiger partial charge in [-0.3, -0.25) is 4.98 Å². The number of piperidine rings is 1. The molecule has 1 fully saturated rings. The molecule has 1 unspecified atom stereocenters. The third-order valence-corrected chi connectivity index (χ3v) is 4.88. The molecule has 0 aromatic carbocycles. The maximum Gasteiger partial charge on any atom is 0.318 e. The lowest BCUT2D eigenvalue weighted by Crippen LogP contribution is -2.48. The number of nitrogens with zero attached hydrogens (tertiary/aromatic N) is 4. The zero-order chi connectivity index (χ0) is 19.3. The maximum atomic E-state index is 12.7. The van der Waals surface area contributed by atoms with Crippen molar-refractivity contribution < 1.29 is 9.32 Å². The van der Waals surface area contributed by atoms with Crippen LogP contribution >= 0.6 is 0 Å². The van der Waals surface area contributed by atoms with Crippen molar-refractivity contribution in [1.82, 2.24) is 25.3 Å². The Morgan fingerprint density at radius 2 is 2.19 bits per heavy atom. The van der Waals surface area contributed by atoms with Crippen molar-refractivity contribution in [3.63, 3.8) is 0 Å². The van der Waals surface area contributed by atoms with Crippen molar-refractivity contribution in [2.75, 3.05) is 6.54 Å². The Morgan fingerprint density at radius 3 is 2.89 bits per heavy atom. The summed E-state index contributed by atoms with van der Waals surface area (Å²) in [6, 6.07) is 6.15. The highest BCUT2D eigenvalue weighted by Gasteiger charge is 2.27. The first-order chi connectivity index (χ1) is 12.9. The van der Waals surface area contributed by atoms with Crippen molar-refractivity contribution in [1.29, 1.82) is 0 Å². The maximum absolute atomic E-state index is 12.7. The molecule has 3 heterocycles. The van der Waals surface area contributed by atoms with Gasteiger partial charge in [0, 0.05) is 29.9 Å². The fourth-order valence-electron chi connectivity index (χ4n) is 3.31. The molecule has 146 valence electrons. The third-order valence-electron chi connectivity index (χ3n) is 4.88. The van der Waals surface area contributed by atoms with Crippen molar-refractivity contribution in [2.24, 2.45) is 0 Å². The Morgan fingerprint density at radius 1 is 1.33 bits per heavy atom. The van der Waals surface area contributed by atoms with Gasteiger partial charge in [-0.2, -0.15) is 4.98 Å². The van der Waals surface area contributed by atoms with Gasteiger partial charge >= 0.3 is 6.03 Å². The normalized spacial score (nSPS) is 17.7. The third kappa shape index (κ3) is 5.28. The van der Waals surface area contributed by atoms with E-state index in [2.05, 4.69) is 20.4 Å². The second kappa shape index (κ2) is 8.50. The van der Waals surface area contributed by atoms with Gasteiger partial charge in [0.1, 0.15) is 0 Å². The van der Waals surface area contributed by atoms with Crippen molar-refractivity contribution in [2.45, 2.75) is 70.9 Å². The second-order valence-electron chi connectivity index (χ2n) is 8.12. The Kier molecular flexibility index (Phi) is 6.08. The van der Waals surface area contributed by atoms with Crippen LogP contribution in [0.5, 0.6) is 0 Å². The molecule has 0 radical (unpaired) electrons. The van der Waals surface area contributed by atoms with Gasteiger partial charge in [0.2, 0.25) is 5.89 Å². The van der Waals surface area contributed by atoms with E-state index in [4.69, 9.17) is 4.52 Å². The topological polar surface area (TPSA) is 84.2 Å². The smallest absolute Gasteiger partial charge is 0.318 e. The van der Waals surface area contributed by atoms with E-state index in [1.807, 2.05) is 50.1 Å². The molecule has 1 N–H and O–H groups in total. The largest absolute Gasteiger partial charge is 0.337 e. The minimum atomic E-state index is -0.171. The number of nitrogens with one attached hydrogen (secondary N) is 1. The van der Waals surface area contributed by atoms with E-state index >= 15 is 0 Å². The first-order valence-electron chi connectivity index (χ1n) is 9.71. The number of urea groups is 1. The fraction of sp³-hybridized carbons (Fsp3) is 0.600. The zero-order valence-electron chi connectivity index (χ0n) is 16.4. The van der Waals surface area contributed by atoms with Gasteiger partial charge in [0.05, 0.1) is 6.54 Å². The van der Waals surface area contributed by atoms with E-state index in [0.29, 0.717) is 11.7 Å². The number of aromatic nitrogens is 3. The van der Waals surface area contributed by atoms with Crippen LogP contribution in [0.1, 0.15) is 63.9 Å². The highest BCUT2D eigenvalue weighted by molar-refractivity contribution is 5.74. The van der Waals surface area contributed by atoms with Gasteiger partial charge in [-0.1, -0.05) is 32.0 Å². The summed E-state index contributed by atoms with van der Waals surface area (Å²) in [4.78, 5) is 23.4. The van der Waals surface area contributed by atoms with Crippen molar-refractivity contribution in [3.05, 3.63) is 41.8 Å². The lowest BCUT2D eigenvalue weighted by molar-refractivity contribution is 0.145. The van der Waals surface area contributed by atoms with Crippen LogP contribution in [0.2, 0.25) is 0 Å². The Balaban J connectivity index is 1.54. The number of carbonyl (C=O) groups excluding carboxylic acids is 1. The molecule has 2 amide bonds.